The number of para-hydroxylation sites is 1. The van der Waals surface area contributed by atoms with Crippen LogP contribution in [0.1, 0.15) is 24.9 Å². The number of nitriles is 1. The molecule has 0 fully saturated rings. The molecule has 1 rings (SSSR count). The van der Waals surface area contributed by atoms with Gasteiger partial charge in [-0.1, -0.05) is 25.1 Å². The largest absolute Gasteiger partial charge is 0.478 e. The molecule has 0 aliphatic rings. The Balaban J connectivity index is 2.86. The molecule has 0 radical (unpaired) electrons. The van der Waals surface area contributed by atoms with E-state index < -0.39 is 0 Å². The fourth-order valence-corrected chi connectivity index (χ4v) is 1.25. The van der Waals surface area contributed by atoms with Gasteiger partial charge in [0.2, 0.25) is 0 Å². The molecule has 0 heterocycles. The maximum atomic E-state index is 8.41. The highest BCUT2D eigenvalue weighted by atomic mass is 16.5. The lowest BCUT2D eigenvalue weighted by Gasteiger charge is -2.13. The highest BCUT2D eigenvalue weighted by Crippen LogP contribution is 2.24. The van der Waals surface area contributed by atoms with Gasteiger partial charge in [0.15, 0.2) is 6.61 Å². The summed E-state index contributed by atoms with van der Waals surface area (Å²) < 4.78 is 5.27. The van der Waals surface area contributed by atoms with Crippen LogP contribution in [-0.2, 0) is 0 Å². The molecule has 0 aromatic heterocycles. The Hall–Kier alpha value is -1.53. The van der Waals surface area contributed by atoms with Gasteiger partial charge in [0.05, 0.1) is 0 Å². The average molecular weight is 190 g/mol. The Bertz CT molecular complexity index is 330. The van der Waals surface area contributed by atoms with Crippen LogP contribution >= 0.6 is 0 Å². The lowest BCUT2D eigenvalue weighted by molar-refractivity contribution is 0.360. The van der Waals surface area contributed by atoms with Crippen molar-refractivity contribution in [1.82, 2.24) is 0 Å². The van der Waals surface area contributed by atoms with E-state index >= 15 is 0 Å². The summed E-state index contributed by atoms with van der Waals surface area (Å²) in [4.78, 5) is 0. The molecule has 3 heteroatoms. The van der Waals surface area contributed by atoms with Crippen LogP contribution in [0, 0.1) is 11.3 Å². The summed E-state index contributed by atoms with van der Waals surface area (Å²) in [6.45, 7) is 2.08. The molecule has 0 bridgehead atoms. The summed E-state index contributed by atoms with van der Waals surface area (Å²) in [7, 11) is 0. The van der Waals surface area contributed by atoms with Crippen LogP contribution in [0.3, 0.4) is 0 Å². The Morgan fingerprint density at radius 3 is 2.86 bits per heavy atom. The van der Waals surface area contributed by atoms with Crippen LogP contribution < -0.4 is 10.5 Å². The second kappa shape index (κ2) is 5.25. The monoisotopic (exact) mass is 190 g/mol. The first-order chi connectivity index (χ1) is 6.79. The van der Waals surface area contributed by atoms with E-state index in [9.17, 15) is 0 Å². The molecule has 0 saturated carbocycles. The predicted molar refractivity (Wildman–Crippen MR) is 54.8 cm³/mol. The molecule has 1 atom stereocenters. The van der Waals surface area contributed by atoms with E-state index in [2.05, 4.69) is 0 Å². The fraction of sp³-hybridized carbons (Fsp3) is 0.364. The topological polar surface area (TPSA) is 59.0 Å². The zero-order valence-electron chi connectivity index (χ0n) is 8.23. The lowest BCUT2D eigenvalue weighted by Crippen LogP contribution is -2.10. The van der Waals surface area contributed by atoms with Crippen molar-refractivity contribution in [3.05, 3.63) is 29.8 Å². The van der Waals surface area contributed by atoms with E-state index in [1.54, 1.807) is 0 Å². The molecular formula is C11H14N2O. The number of rotatable bonds is 4. The second-order valence-corrected chi connectivity index (χ2v) is 3.00. The van der Waals surface area contributed by atoms with E-state index in [1.807, 2.05) is 37.3 Å². The van der Waals surface area contributed by atoms with Crippen molar-refractivity contribution in [2.24, 2.45) is 5.73 Å². The summed E-state index contributed by atoms with van der Waals surface area (Å²) in [5, 5.41) is 8.41. The highest BCUT2D eigenvalue weighted by Gasteiger charge is 2.08. The van der Waals surface area contributed by atoms with Crippen LogP contribution in [0.15, 0.2) is 24.3 Å². The van der Waals surface area contributed by atoms with Crippen molar-refractivity contribution < 1.29 is 4.74 Å². The van der Waals surface area contributed by atoms with Gasteiger partial charge >= 0.3 is 0 Å². The van der Waals surface area contributed by atoms with E-state index in [4.69, 9.17) is 15.7 Å². The summed E-state index contributed by atoms with van der Waals surface area (Å²) in [6.07, 6.45) is 0.854. The summed E-state index contributed by atoms with van der Waals surface area (Å²) >= 11 is 0. The Labute approximate surface area is 84.1 Å². The number of hydrogen-bond donors (Lipinski definition) is 1. The lowest BCUT2D eigenvalue weighted by atomic mass is 10.0. The van der Waals surface area contributed by atoms with Gasteiger partial charge in [0.1, 0.15) is 11.8 Å². The number of hydrogen-bond acceptors (Lipinski definition) is 3. The predicted octanol–water partition coefficient (Wildman–Crippen LogP) is 2.00. The third-order valence-corrected chi connectivity index (χ3v) is 2.05. The number of benzene rings is 1. The van der Waals surface area contributed by atoms with Gasteiger partial charge in [-0.15, -0.1) is 0 Å². The minimum atomic E-state index is -0.0232. The number of nitrogens with zero attached hydrogens (tertiary/aromatic N) is 1. The van der Waals surface area contributed by atoms with Crippen molar-refractivity contribution >= 4 is 0 Å². The normalized spacial score (nSPS) is 11.8. The molecule has 3 nitrogen and oxygen atoms in total. The van der Waals surface area contributed by atoms with Crippen molar-refractivity contribution in [1.29, 1.82) is 5.26 Å². The van der Waals surface area contributed by atoms with Crippen molar-refractivity contribution in [3.8, 4) is 11.8 Å². The number of ether oxygens (including phenoxy) is 1. The minimum absolute atomic E-state index is 0.0232. The first-order valence-electron chi connectivity index (χ1n) is 4.63. The zero-order chi connectivity index (χ0) is 10.4. The number of nitrogens with two attached hydrogens (primary N) is 1. The molecule has 2 N–H and O–H groups in total. The standard InChI is InChI=1S/C11H14N2O/c1-2-10(13)9-5-3-4-6-11(9)14-8-7-12/h3-6,10H,2,8,13H2,1H3. The molecule has 74 valence electrons. The smallest absolute Gasteiger partial charge is 0.174 e. The highest BCUT2D eigenvalue weighted by molar-refractivity contribution is 5.35. The third kappa shape index (κ3) is 2.48. The van der Waals surface area contributed by atoms with E-state index in [0.29, 0.717) is 5.75 Å². The van der Waals surface area contributed by atoms with E-state index in [1.165, 1.54) is 0 Å². The van der Waals surface area contributed by atoms with Crippen molar-refractivity contribution in [2.45, 2.75) is 19.4 Å². The van der Waals surface area contributed by atoms with Crippen LogP contribution in [0.25, 0.3) is 0 Å². The molecule has 14 heavy (non-hydrogen) atoms. The maximum absolute atomic E-state index is 8.41. The van der Waals surface area contributed by atoms with Crippen LogP contribution in [0.2, 0.25) is 0 Å². The minimum Gasteiger partial charge on any atom is -0.478 e. The molecule has 1 aromatic carbocycles. The van der Waals surface area contributed by atoms with Crippen LogP contribution in [-0.4, -0.2) is 6.61 Å². The molecule has 0 aliphatic heterocycles. The van der Waals surface area contributed by atoms with Crippen LogP contribution in [0.5, 0.6) is 5.75 Å². The zero-order valence-corrected chi connectivity index (χ0v) is 8.23. The van der Waals surface area contributed by atoms with Gasteiger partial charge in [0.25, 0.3) is 0 Å². The Morgan fingerprint density at radius 1 is 1.50 bits per heavy atom. The van der Waals surface area contributed by atoms with Gasteiger partial charge < -0.3 is 10.5 Å². The molecule has 0 aliphatic carbocycles. The SMILES string of the molecule is CCC(N)c1ccccc1OCC#N. The van der Waals surface area contributed by atoms with Gasteiger partial charge in [-0.3, -0.25) is 0 Å². The Kier molecular flexibility index (Phi) is 3.96. The first kappa shape index (κ1) is 10.6. The third-order valence-electron chi connectivity index (χ3n) is 2.05. The van der Waals surface area contributed by atoms with Crippen molar-refractivity contribution in [2.75, 3.05) is 6.61 Å². The van der Waals surface area contributed by atoms with Gasteiger partial charge in [-0.2, -0.15) is 5.26 Å². The summed E-state index contributed by atoms with van der Waals surface area (Å²) in [5.41, 5.74) is 6.87. The van der Waals surface area contributed by atoms with Gasteiger partial charge in [-0.25, -0.2) is 0 Å². The first-order valence-corrected chi connectivity index (χ1v) is 4.63. The second-order valence-electron chi connectivity index (χ2n) is 3.00. The molecule has 0 amide bonds. The molecule has 0 spiro atoms. The quantitative estimate of drug-likeness (QED) is 0.789. The van der Waals surface area contributed by atoms with Gasteiger partial charge in [0, 0.05) is 11.6 Å². The van der Waals surface area contributed by atoms with Crippen molar-refractivity contribution in [3.63, 3.8) is 0 Å². The fourth-order valence-electron chi connectivity index (χ4n) is 1.25. The Morgan fingerprint density at radius 2 is 2.21 bits per heavy atom. The van der Waals surface area contributed by atoms with E-state index in [0.717, 1.165) is 12.0 Å². The summed E-state index contributed by atoms with van der Waals surface area (Å²) in [6, 6.07) is 9.48. The average Bonchev–Trinajstić information content (AvgIpc) is 2.25. The van der Waals surface area contributed by atoms with Crippen LogP contribution in [0.4, 0.5) is 0 Å². The molecule has 1 aromatic rings. The molecule has 0 saturated heterocycles. The molecular weight excluding hydrogens is 176 g/mol. The summed E-state index contributed by atoms with van der Waals surface area (Å²) in [5.74, 6) is 0.711. The van der Waals surface area contributed by atoms with E-state index in [-0.39, 0.29) is 12.6 Å². The molecule has 1 unspecified atom stereocenters. The maximum Gasteiger partial charge on any atom is 0.174 e. The van der Waals surface area contributed by atoms with Gasteiger partial charge in [-0.05, 0) is 12.5 Å².